The summed E-state index contributed by atoms with van der Waals surface area (Å²) in [5.74, 6) is 1.05. The molecule has 1 aromatic carbocycles. The van der Waals surface area contributed by atoms with Gasteiger partial charge in [0, 0.05) is 12.1 Å². The Labute approximate surface area is 104 Å². The van der Waals surface area contributed by atoms with Gasteiger partial charge >= 0.3 is 0 Å². The van der Waals surface area contributed by atoms with E-state index < -0.39 is 0 Å². The van der Waals surface area contributed by atoms with E-state index in [2.05, 4.69) is 11.8 Å². The molecule has 1 aliphatic rings. The predicted molar refractivity (Wildman–Crippen MR) is 70.3 cm³/mol. The van der Waals surface area contributed by atoms with Crippen molar-refractivity contribution < 1.29 is 4.79 Å². The number of carbonyl (C=O) groups excluding carboxylic acids is 1. The maximum absolute atomic E-state index is 12.1. The van der Waals surface area contributed by atoms with Gasteiger partial charge in [-0.05, 0) is 31.9 Å². The van der Waals surface area contributed by atoms with Crippen LogP contribution >= 0.6 is 0 Å². The molecule has 0 amide bonds. The van der Waals surface area contributed by atoms with Gasteiger partial charge in [0.25, 0.3) is 0 Å². The van der Waals surface area contributed by atoms with E-state index in [1.165, 1.54) is 12.8 Å². The minimum absolute atomic E-state index is 0.255. The van der Waals surface area contributed by atoms with Crippen LogP contribution in [0.15, 0.2) is 24.3 Å². The molecule has 0 saturated carbocycles. The van der Waals surface area contributed by atoms with Gasteiger partial charge in [0.15, 0.2) is 5.78 Å². The summed E-state index contributed by atoms with van der Waals surface area (Å²) in [5, 5.41) is 0. The Morgan fingerprint density at radius 2 is 2.29 bits per heavy atom. The molecule has 17 heavy (non-hydrogen) atoms. The average Bonchev–Trinajstić information content (AvgIpc) is 2.77. The number of nitrogens with zero attached hydrogens (tertiary/aromatic N) is 1. The fourth-order valence-corrected chi connectivity index (χ4v) is 2.50. The summed E-state index contributed by atoms with van der Waals surface area (Å²) >= 11 is 0. The lowest BCUT2D eigenvalue weighted by Crippen LogP contribution is -2.27. The molecule has 0 aliphatic carbocycles. The first-order chi connectivity index (χ1) is 8.19. The first kappa shape index (κ1) is 12.3. The second-order valence-electron chi connectivity index (χ2n) is 5.09. The summed E-state index contributed by atoms with van der Waals surface area (Å²) in [5.41, 5.74) is 2.01. The summed E-state index contributed by atoms with van der Waals surface area (Å²) in [6, 6.07) is 7.89. The van der Waals surface area contributed by atoms with Crippen molar-refractivity contribution in [2.75, 3.05) is 19.6 Å². The third kappa shape index (κ3) is 3.16. The summed E-state index contributed by atoms with van der Waals surface area (Å²) < 4.78 is 0. The fourth-order valence-electron chi connectivity index (χ4n) is 2.50. The van der Waals surface area contributed by atoms with Crippen LogP contribution in [0.5, 0.6) is 0 Å². The normalized spacial score (nSPS) is 20.7. The first-order valence-electron chi connectivity index (χ1n) is 6.51. The van der Waals surface area contributed by atoms with E-state index in [-0.39, 0.29) is 5.78 Å². The Kier molecular flexibility index (Phi) is 3.95. The van der Waals surface area contributed by atoms with Crippen molar-refractivity contribution in [3.8, 4) is 0 Å². The standard InChI is InChI=1S/C15H21NO/c1-3-13-7-8-16(10-13)11-15(17)14-6-4-5-12(2)9-14/h4-6,9,13H,3,7-8,10-11H2,1-2H3. The van der Waals surface area contributed by atoms with Crippen molar-refractivity contribution in [2.24, 2.45) is 5.92 Å². The molecule has 1 aliphatic heterocycles. The van der Waals surface area contributed by atoms with Gasteiger partial charge in [-0.1, -0.05) is 37.1 Å². The number of likely N-dealkylation sites (tertiary alicyclic amines) is 1. The molecular weight excluding hydrogens is 210 g/mol. The third-order valence-electron chi connectivity index (χ3n) is 3.65. The highest BCUT2D eigenvalue weighted by molar-refractivity contribution is 5.97. The van der Waals surface area contributed by atoms with Gasteiger partial charge in [-0.3, -0.25) is 9.69 Å². The molecule has 2 nitrogen and oxygen atoms in total. The predicted octanol–water partition coefficient (Wildman–Crippen LogP) is 2.91. The van der Waals surface area contributed by atoms with E-state index >= 15 is 0 Å². The van der Waals surface area contributed by atoms with Gasteiger partial charge < -0.3 is 0 Å². The molecule has 92 valence electrons. The van der Waals surface area contributed by atoms with Gasteiger partial charge in [-0.25, -0.2) is 0 Å². The summed E-state index contributed by atoms with van der Waals surface area (Å²) in [6.07, 6.45) is 2.48. The average molecular weight is 231 g/mol. The van der Waals surface area contributed by atoms with Crippen molar-refractivity contribution in [1.82, 2.24) is 4.90 Å². The Hall–Kier alpha value is -1.15. The maximum atomic E-state index is 12.1. The molecule has 0 N–H and O–H groups in total. The third-order valence-corrected chi connectivity index (χ3v) is 3.65. The smallest absolute Gasteiger partial charge is 0.176 e. The fraction of sp³-hybridized carbons (Fsp3) is 0.533. The molecular formula is C15H21NO. The second-order valence-corrected chi connectivity index (χ2v) is 5.09. The van der Waals surface area contributed by atoms with Gasteiger partial charge in [-0.2, -0.15) is 0 Å². The van der Waals surface area contributed by atoms with Crippen LogP contribution in [-0.4, -0.2) is 30.3 Å². The number of hydrogen-bond acceptors (Lipinski definition) is 2. The second kappa shape index (κ2) is 5.46. The molecule has 0 radical (unpaired) electrons. The van der Waals surface area contributed by atoms with Crippen molar-refractivity contribution in [3.63, 3.8) is 0 Å². The Morgan fingerprint density at radius 3 is 2.94 bits per heavy atom. The van der Waals surface area contributed by atoms with E-state index in [0.717, 1.165) is 30.1 Å². The molecule has 1 aromatic rings. The zero-order valence-corrected chi connectivity index (χ0v) is 10.8. The lowest BCUT2D eigenvalue weighted by Gasteiger charge is -2.14. The number of aryl methyl sites for hydroxylation is 1. The number of carbonyl (C=O) groups is 1. The van der Waals surface area contributed by atoms with E-state index in [9.17, 15) is 4.79 Å². The maximum Gasteiger partial charge on any atom is 0.176 e. The Bertz CT molecular complexity index is 400. The summed E-state index contributed by atoms with van der Waals surface area (Å²) in [7, 11) is 0. The molecule has 1 saturated heterocycles. The summed E-state index contributed by atoms with van der Waals surface area (Å²) in [4.78, 5) is 14.4. The minimum atomic E-state index is 0.255. The Balaban J connectivity index is 1.94. The summed E-state index contributed by atoms with van der Waals surface area (Å²) in [6.45, 7) is 7.01. The quantitative estimate of drug-likeness (QED) is 0.743. The number of benzene rings is 1. The number of Topliss-reactive ketones (excluding diaryl/α,β-unsaturated/α-hetero) is 1. The van der Waals surface area contributed by atoms with Crippen LogP contribution in [-0.2, 0) is 0 Å². The SMILES string of the molecule is CCC1CCN(CC(=O)c2cccc(C)c2)C1. The van der Waals surface area contributed by atoms with Crippen LogP contribution in [0, 0.1) is 12.8 Å². The topological polar surface area (TPSA) is 20.3 Å². The highest BCUT2D eigenvalue weighted by Gasteiger charge is 2.22. The number of ketones is 1. The van der Waals surface area contributed by atoms with E-state index in [4.69, 9.17) is 0 Å². The van der Waals surface area contributed by atoms with Gasteiger partial charge in [-0.15, -0.1) is 0 Å². The molecule has 2 heteroatoms. The molecule has 0 bridgehead atoms. The Morgan fingerprint density at radius 1 is 1.47 bits per heavy atom. The minimum Gasteiger partial charge on any atom is -0.296 e. The van der Waals surface area contributed by atoms with Gasteiger partial charge in [0.1, 0.15) is 0 Å². The van der Waals surface area contributed by atoms with Crippen molar-refractivity contribution >= 4 is 5.78 Å². The molecule has 1 heterocycles. The molecule has 1 fully saturated rings. The van der Waals surface area contributed by atoms with Crippen LogP contribution < -0.4 is 0 Å². The van der Waals surface area contributed by atoms with E-state index in [1.807, 2.05) is 31.2 Å². The lowest BCUT2D eigenvalue weighted by molar-refractivity contribution is 0.0943. The van der Waals surface area contributed by atoms with Crippen molar-refractivity contribution in [2.45, 2.75) is 26.7 Å². The van der Waals surface area contributed by atoms with Crippen LogP contribution in [0.2, 0.25) is 0 Å². The van der Waals surface area contributed by atoms with E-state index in [0.29, 0.717) is 6.54 Å². The van der Waals surface area contributed by atoms with Crippen LogP contribution in [0.1, 0.15) is 35.7 Å². The number of rotatable bonds is 4. The molecule has 1 unspecified atom stereocenters. The first-order valence-corrected chi connectivity index (χ1v) is 6.51. The monoisotopic (exact) mass is 231 g/mol. The highest BCUT2D eigenvalue weighted by Crippen LogP contribution is 2.19. The highest BCUT2D eigenvalue weighted by atomic mass is 16.1. The van der Waals surface area contributed by atoms with Crippen LogP contribution in [0.3, 0.4) is 0 Å². The molecule has 0 aromatic heterocycles. The van der Waals surface area contributed by atoms with Crippen LogP contribution in [0.25, 0.3) is 0 Å². The zero-order valence-electron chi connectivity index (χ0n) is 10.8. The number of hydrogen-bond donors (Lipinski definition) is 0. The van der Waals surface area contributed by atoms with Crippen molar-refractivity contribution in [3.05, 3.63) is 35.4 Å². The zero-order chi connectivity index (χ0) is 12.3. The van der Waals surface area contributed by atoms with Gasteiger partial charge in [0.05, 0.1) is 6.54 Å². The van der Waals surface area contributed by atoms with E-state index in [1.54, 1.807) is 0 Å². The van der Waals surface area contributed by atoms with Crippen molar-refractivity contribution in [1.29, 1.82) is 0 Å². The van der Waals surface area contributed by atoms with Crippen LogP contribution in [0.4, 0.5) is 0 Å². The molecule has 1 atom stereocenters. The lowest BCUT2D eigenvalue weighted by atomic mass is 10.1. The largest absolute Gasteiger partial charge is 0.296 e. The molecule has 2 rings (SSSR count). The molecule has 0 spiro atoms. The van der Waals surface area contributed by atoms with Gasteiger partial charge in [0.2, 0.25) is 0 Å².